The number of benzene rings is 1. The van der Waals surface area contributed by atoms with Crippen LogP contribution in [0.25, 0.3) is 10.1 Å². The highest BCUT2D eigenvalue weighted by atomic mass is 32.1. The number of nitrogens with zero attached hydrogens (tertiary/aromatic N) is 3. The van der Waals surface area contributed by atoms with Crippen LogP contribution in [0.4, 0.5) is 0 Å². The Labute approximate surface area is 126 Å². The van der Waals surface area contributed by atoms with Gasteiger partial charge in [-0.3, -0.25) is 4.79 Å². The predicted octanol–water partition coefficient (Wildman–Crippen LogP) is 3.06. The Bertz CT molecular complexity index is 833. The summed E-state index contributed by atoms with van der Waals surface area (Å²) in [6.07, 6.45) is 4.63. The summed E-state index contributed by atoms with van der Waals surface area (Å²) in [5.74, 6) is 1.07. The van der Waals surface area contributed by atoms with Crippen LogP contribution < -0.4 is 0 Å². The molecule has 0 bridgehead atoms. The van der Waals surface area contributed by atoms with Crippen molar-refractivity contribution in [3.05, 3.63) is 52.9 Å². The topological polar surface area (TPSA) is 38.1 Å². The van der Waals surface area contributed by atoms with E-state index in [2.05, 4.69) is 17.1 Å². The summed E-state index contributed by atoms with van der Waals surface area (Å²) in [5.41, 5.74) is 0.902. The van der Waals surface area contributed by atoms with E-state index in [4.69, 9.17) is 0 Å². The quantitative estimate of drug-likeness (QED) is 0.729. The highest BCUT2D eigenvalue weighted by molar-refractivity contribution is 7.19. The van der Waals surface area contributed by atoms with Gasteiger partial charge in [0.1, 0.15) is 5.82 Å². The zero-order chi connectivity index (χ0) is 14.4. The van der Waals surface area contributed by atoms with Crippen LogP contribution in [-0.2, 0) is 13.1 Å². The number of aromatic nitrogens is 2. The molecule has 1 aliphatic rings. The molecule has 0 unspecified atom stereocenters. The summed E-state index contributed by atoms with van der Waals surface area (Å²) in [6, 6.07) is 8.17. The molecule has 0 fully saturated rings. The van der Waals surface area contributed by atoms with Crippen LogP contribution in [0.15, 0.2) is 36.7 Å². The first-order valence-electron chi connectivity index (χ1n) is 7.01. The van der Waals surface area contributed by atoms with E-state index in [1.807, 2.05) is 34.7 Å². The lowest BCUT2D eigenvalue weighted by molar-refractivity contribution is 0.0688. The van der Waals surface area contributed by atoms with Gasteiger partial charge in [-0.25, -0.2) is 4.98 Å². The van der Waals surface area contributed by atoms with Crippen molar-refractivity contribution in [2.75, 3.05) is 6.54 Å². The maximum Gasteiger partial charge on any atom is 0.257 e. The van der Waals surface area contributed by atoms with E-state index >= 15 is 0 Å². The summed E-state index contributed by atoms with van der Waals surface area (Å²) in [5, 5.41) is 1.09. The Balaban J connectivity index is 1.73. The maximum absolute atomic E-state index is 12.8. The van der Waals surface area contributed by atoms with Crippen LogP contribution in [0.2, 0.25) is 0 Å². The monoisotopic (exact) mass is 297 g/mol. The van der Waals surface area contributed by atoms with E-state index in [0.717, 1.165) is 29.7 Å². The van der Waals surface area contributed by atoms with E-state index in [-0.39, 0.29) is 5.91 Å². The minimum absolute atomic E-state index is 0.141. The molecule has 1 aliphatic heterocycles. The van der Waals surface area contributed by atoms with Gasteiger partial charge >= 0.3 is 0 Å². The van der Waals surface area contributed by atoms with Gasteiger partial charge in [0, 0.05) is 40.3 Å². The summed E-state index contributed by atoms with van der Waals surface area (Å²) in [4.78, 5) is 20.2. The highest BCUT2D eigenvalue weighted by Gasteiger charge is 2.28. The first kappa shape index (κ1) is 12.6. The standard InChI is InChI=1S/C16H15N3OS/c1-11-17-7-9-18(11)10-19-8-6-14-15(16(19)20)12-4-2-3-5-13(12)21-14/h2-5,7,9H,6,8,10H2,1H3. The van der Waals surface area contributed by atoms with Crippen molar-refractivity contribution in [3.8, 4) is 0 Å². The fourth-order valence-electron chi connectivity index (χ4n) is 2.87. The van der Waals surface area contributed by atoms with E-state index in [9.17, 15) is 4.79 Å². The normalized spacial score (nSPS) is 14.7. The highest BCUT2D eigenvalue weighted by Crippen LogP contribution is 2.35. The fraction of sp³-hybridized carbons (Fsp3) is 0.250. The van der Waals surface area contributed by atoms with E-state index in [0.29, 0.717) is 6.67 Å². The molecule has 0 atom stereocenters. The SMILES string of the molecule is Cc1nccn1CN1CCc2sc3ccccc3c2C1=O. The first-order valence-corrected chi connectivity index (χ1v) is 7.83. The van der Waals surface area contributed by atoms with Gasteiger partial charge < -0.3 is 9.47 Å². The molecule has 1 aromatic carbocycles. The summed E-state index contributed by atoms with van der Waals surface area (Å²) >= 11 is 1.75. The summed E-state index contributed by atoms with van der Waals surface area (Å²) in [6.45, 7) is 3.31. The van der Waals surface area contributed by atoms with E-state index in [1.54, 1.807) is 17.5 Å². The number of imidazole rings is 1. The Morgan fingerprint density at radius 1 is 1.33 bits per heavy atom. The minimum Gasteiger partial charge on any atom is -0.320 e. The Morgan fingerprint density at radius 3 is 3.00 bits per heavy atom. The summed E-state index contributed by atoms with van der Waals surface area (Å²) < 4.78 is 3.22. The number of carbonyl (C=O) groups is 1. The van der Waals surface area contributed by atoms with Crippen molar-refractivity contribution in [1.29, 1.82) is 0 Å². The molecule has 5 heteroatoms. The molecule has 106 valence electrons. The lowest BCUT2D eigenvalue weighted by atomic mass is 10.0. The van der Waals surface area contributed by atoms with Gasteiger partial charge in [0.15, 0.2) is 0 Å². The van der Waals surface area contributed by atoms with Crippen molar-refractivity contribution in [1.82, 2.24) is 14.5 Å². The zero-order valence-electron chi connectivity index (χ0n) is 11.7. The second kappa shape index (κ2) is 4.70. The molecular weight excluding hydrogens is 282 g/mol. The van der Waals surface area contributed by atoms with Crippen LogP contribution >= 0.6 is 11.3 Å². The largest absolute Gasteiger partial charge is 0.320 e. The molecule has 2 aromatic heterocycles. The number of aryl methyl sites for hydroxylation is 1. The minimum atomic E-state index is 0.141. The smallest absolute Gasteiger partial charge is 0.257 e. The van der Waals surface area contributed by atoms with Crippen LogP contribution in [-0.4, -0.2) is 26.9 Å². The number of rotatable bonds is 2. The molecule has 0 N–H and O–H groups in total. The number of hydrogen-bond donors (Lipinski definition) is 0. The van der Waals surface area contributed by atoms with Gasteiger partial charge in [0.25, 0.3) is 5.91 Å². The van der Waals surface area contributed by atoms with Crippen molar-refractivity contribution in [2.45, 2.75) is 20.0 Å². The first-order chi connectivity index (χ1) is 10.2. The van der Waals surface area contributed by atoms with Gasteiger partial charge in [0.2, 0.25) is 0 Å². The number of thiophene rings is 1. The lowest BCUT2D eigenvalue weighted by Gasteiger charge is -2.27. The van der Waals surface area contributed by atoms with Gasteiger partial charge in [-0.15, -0.1) is 11.3 Å². The molecule has 4 nitrogen and oxygen atoms in total. The zero-order valence-corrected chi connectivity index (χ0v) is 12.6. The third-order valence-corrected chi connectivity index (χ3v) is 5.26. The average molecular weight is 297 g/mol. The van der Waals surface area contributed by atoms with Gasteiger partial charge in [-0.05, 0) is 13.0 Å². The van der Waals surface area contributed by atoms with E-state index in [1.165, 1.54) is 9.58 Å². The van der Waals surface area contributed by atoms with Crippen LogP contribution in [0, 0.1) is 6.92 Å². The Kier molecular flexibility index (Phi) is 2.82. The molecule has 3 heterocycles. The van der Waals surface area contributed by atoms with Crippen LogP contribution in [0.1, 0.15) is 21.1 Å². The van der Waals surface area contributed by atoms with E-state index < -0.39 is 0 Å². The van der Waals surface area contributed by atoms with Crippen LogP contribution in [0.5, 0.6) is 0 Å². The van der Waals surface area contributed by atoms with Crippen molar-refractivity contribution in [3.63, 3.8) is 0 Å². The molecule has 0 spiro atoms. The molecule has 21 heavy (non-hydrogen) atoms. The van der Waals surface area contributed by atoms with Crippen molar-refractivity contribution >= 4 is 27.3 Å². The molecule has 0 saturated carbocycles. The molecule has 4 rings (SSSR count). The van der Waals surface area contributed by atoms with Crippen molar-refractivity contribution in [2.24, 2.45) is 0 Å². The van der Waals surface area contributed by atoms with Gasteiger partial charge in [0.05, 0.1) is 12.2 Å². The molecular formula is C16H15N3OS. The number of amides is 1. The van der Waals surface area contributed by atoms with Gasteiger partial charge in [-0.2, -0.15) is 0 Å². The number of carbonyl (C=O) groups excluding carboxylic acids is 1. The van der Waals surface area contributed by atoms with Crippen molar-refractivity contribution < 1.29 is 4.79 Å². The second-order valence-corrected chi connectivity index (χ2v) is 6.44. The molecule has 0 aliphatic carbocycles. The Hall–Kier alpha value is -2.14. The van der Waals surface area contributed by atoms with Gasteiger partial charge in [-0.1, -0.05) is 18.2 Å². The number of hydrogen-bond acceptors (Lipinski definition) is 3. The fourth-order valence-corrected chi connectivity index (χ4v) is 4.06. The maximum atomic E-state index is 12.8. The third kappa shape index (κ3) is 1.96. The average Bonchev–Trinajstić information content (AvgIpc) is 3.06. The number of fused-ring (bicyclic) bond motifs is 3. The third-order valence-electron chi connectivity index (χ3n) is 4.02. The molecule has 0 saturated heterocycles. The molecule has 0 radical (unpaired) electrons. The molecule has 1 amide bonds. The molecule has 3 aromatic rings. The predicted molar refractivity (Wildman–Crippen MR) is 83.5 cm³/mol. The Morgan fingerprint density at radius 2 is 2.19 bits per heavy atom. The lowest BCUT2D eigenvalue weighted by Crippen LogP contribution is -2.38. The second-order valence-electron chi connectivity index (χ2n) is 5.30. The summed E-state index contributed by atoms with van der Waals surface area (Å²) in [7, 11) is 0. The van der Waals surface area contributed by atoms with Crippen LogP contribution in [0.3, 0.4) is 0 Å².